The average Bonchev–Trinajstić information content (AvgIpc) is 3.53. The summed E-state index contributed by atoms with van der Waals surface area (Å²) in [5.41, 5.74) is 2.41. The van der Waals surface area contributed by atoms with Crippen LogP contribution >= 0.6 is 0 Å². The van der Waals surface area contributed by atoms with E-state index < -0.39 is 17.5 Å². The number of hydrogen-bond acceptors (Lipinski definition) is 5. The molecule has 174 valence electrons. The summed E-state index contributed by atoms with van der Waals surface area (Å²) >= 11 is 0. The lowest BCUT2D eigenvalue weighted by molar-refractivity contribution is -0.148. The first-order chi connectivity index (χ1) is 16.0. The molecule has 3 aliphatic rings. The van der Waals surface area contributed by atoms with Crippen molar-refractivity contribution in [2.45, 2.75) is 51.2 Å². The number of carbonyl (C=O) groups excluding carboxylic acids is 1. The molecule has 0 saturated heterocycles. The van der Waals surface area contributed by atoms with Gasteiger partial charge in [-0.3, -0.25) is 9.59 Å². The summed E-state index contributed by atoms with van der Waals surface area (Å²) in [5, 5.41) is 12.9. The zero-order valence-corrected chi connectivity index (χ0v) is 19.0. The summed E-state index contributed by atoms with van der Waals surface area (Å²) < 4.78 is 17.9. The van der Waals surface area contributed by atoms with Crippen molar-refractivity contribution in [1.82, 2.24) is 5.32 Å². The maximum Gasteiger partial charge on any atom is 0.313 e. The van der Waals surface area contributed by atoms with Crippen molar-refractivity contribution in [3.05, 3.63) is 41.5 Å². The molecule has 2 saturated carbocycles. The molecule has 1 heterocycles. The topological polar surface area (TPSA) is 94.1 Å². The van der Waals surface area contributed by atoms with Crippen LogP contribution in [0.5, 0.6) is 17.2 Å². The second-order valence-corrected chi connectivity index (χ2v) is 9.33. The van der Waals surface area contributed by atoms with E-state index in [0.717, 1.165) is 29.5 Å². The van der Waals surface area contributed by atoms with Crippen LogP contribution in [0.2, 0.25) is 0 Å². The number of ether oxygens (including phenoxy) is 3. The maximum atomic E-state index is 12.2. The van der Waals surface area contributed by atoms with Gasteiger partial charge in [0.05, 0.1) is 14.2 Å². The van der Waals surface area contributed by atoms with Gasteiger partial charge in [-0.1, -0.05) is 25.3 Å². The van der Waals surface area contributed by atoms with Gasteiger partial charge in [-0.2, -0.15) is 0 Å². The first-order valence-electron chi connectivity index (χ1n) is 11.5. The van der Waals surface area contributed by atoms with Crippen molar-refractivity contribution >= 4 is 11.9 Å². The molecule has 1 aliphatic heterocycles. The smallest absolute Gasteiger partial charge is 0.313 e. The monoisotopic (exact) mass is 451 g/mol. The number of aliphatic carboxylic acids is 1. The predicted molar refractivity (Wildman–Crippen MR) is 122 cm³/mol. The standard InChI is InChI=1S/C26H29NO6/c1-31-20-9-8-18(16-6-7-19-17(13-16)14-27-24(19)28)22(23(20)32-2)33-21(12-15-4-3-5-15)26(10-11-26)25(29)30/h6-9,13,15,21H,3-5,10-12,14H2,1-2H3,(H,27,28)(H,29,30). The second kappa shape index (κ2) is 8.28. The van der Waals surface area contributed by atoms with Crippen molar-refractivity contribution in [2.75, 3.05) is 14.2 Å². The molecule has 2 fully saturated rings. The van der Waals surface area contributed by atoms with E-state index in [0.29, 0.717) is 54.5 Å². The van der Waals surface area contributed by atoms with Gasteiger partial charge in [0, 0.05) is 17.7 Å². The van der Waals surface area contributed by atoms with Crippen LogP contribution in [0.3, 0.4) is 0 Å². The number of carboxylic acids is 1. The maximum absolute atomic E-state index is 12.2. The van der Waals surface area contributed by atoms with Crippen LogP contribution in [0.4, 0.5) is 0 Å². The van der Waals surface area contributed by atoms with Gasteiger partial charge in [0.2, 0.25) is 5.75 Å². The third kappa shape index (κ3) is 3.69. The Hall–Kier alpha value is -3.22. The summed E-state index contributed by atoms with van der Waals surface area (Å²) in [7, 11) is 3.13. The molecule has 7 heteroatoms. The van der Waals surface area contributed by atoms with E-state index >= 15 is 0 Å². The zero-order valence-electron chi connectivity index (χ0n) is 19.0. The molecule has 0 aromatic heterocycles. The molecular formula is C26H29NO6. The molecule has 2 aromatic carbocycles. The Balaban J connectivity index is 1.59. The summed E-state index contributed by atoms with van der Waals surface area (Å²) in [5.74, 6) is 1.09. The molecular weight excluding hydrogens is 422 g/mol. The van der Waals surface area contributed by atoms with E-state index in [1.54, 1.807) is 14.2 Å². The van der Waals surface area contributed by atoms with Crippen LogP contribution in [0.25, 0.3) is 11.1 Å². The largest absolute Gasteiger partial charge is 0.493 e. The molecule has 0 bridgehead atoms. The van der Waals surface area contributed by atoms with Gasteiger partial charge < -0.3 is 24.6 Å². The van der Waals surface area contributed by atoms with Gasteiger partial charge in [-0.15, -0.1) is 0 Å². The number of amides is 1. The van der Waals surface area contributed by atoms with E-state index in [2.05, 4.69) is 5.32 Å². The number of carboxylic acid groups (broad SMARTS) is 1. The Bertz CT molecular complexity index is 1100. The fourth-order valence-corrected chi connectivity index (χ4v) is 5.01. The van der Waals surface area contributed by atoms with Gasteiger partial charge in [-0.25, -0.2) is 0 Å². The molecule has 0 spiro atoms. The number of hydrogen-bond donors (Lipinski definition) is 2. The number of carbonyl (C=O) groups is 2. The number of nitrogens with one attached hydrogen (secondary N) is 1. The second-order valence-electron chi connectivity index (χ2n) is 9.33. The van der Waals surface area contributed by atoms with E-state index in [1.165, 1.54) is 6.42 Å². The molecule has 1 amide bonds. The highest BCUT2D eigenvalue weighted by atomic mass is 16.5. The first kappa shape index (κ1) is 21.6. The number of rotatable bonds is 9. The van der Waals surface area contributed by atoms with Crippen molar-refractivity contribution in [3.8, 4) is 28.4 Å². The lowest BCUT2D eigenvalue weighted by Crippen LogP contribution is -2.37. The molecule has 2 aromatic rings. The van der Waals surface area contributed by atoms with Crippen molar-refractivity contribution in [1.29, 1.82) is 0 Å². The minimum atomic E-state index is -0.852. The summed E-state index contributed by atoms with van der Waals surface area (Å²) in [4.78, 5) is 24.2. The van der Waals surface area contributed by atoms with Crippen LogP contribution in [-0.4, -0.2) is 37.3 Å². The molecule has 2 aliphatic carbocycles. The lowest BCUT2D eigenvalue weighted by Gasteiger charge is -2.34. The highest BCUT2D eigenvalue weighted by Crippen LogP contribution is 2.55. The Morgan fingerprint density at radius 3 is 2.48 bits per heavy atom. The minimum absolute atomic E-state index is 0.0713. The van der Waals surface area contributed by atoms with Crippen molar-refractivity contribution < 1.29 is 28.9 Å². The molecule has 33 heavy (non-hydrogen) atoms. The summed E-state index contributed by atoms with van der Waals surface area (Å²) in [6.45, 7) is 0.484. The van der Waals surface area contributed by atoms with Gasteiger partial charge in [0.15, 0.2) is 11.5 Å². The molecule has 1 atom stereocenters. The molecule has 7 nitrogen and oxygen atoms in total. The van der Waals surface area contributed by atoms with Gasteiger partial charge in [0.1, 0.15) is 11.5 Å². The SMILES string of the molecule is COc1ccc(-c2ccc3c(c2)CNC3=O)c(OC(CC2CCC2)C2(C(=O)O)CC2)c1OC. The Kier molecular flexibility index (Phi) is 5.43. The third-order valence-electron chi connectivity index (χ3n) is 7.46. The van der Waals surface area contributed by atoms with Crippen LogP contribution in [0.15, 0.2) is 30.3 Å². The highest BCUT2D eigenvalue weighted by Gasteiger charge is 2.58. The van der Waals surface area contributed by atoms with Crippen LogP contribution in [-0.2, 0) is 11.3 Å². The normalized spacial score (nSPS) is 19.2. The molecule has 2 N–H and O–H groups in total. The number of fused-ring (bicyclic) bond motifs is 1. The fourth-order valence-electron chi connectivity index (χ4n) is 5.01. The van der Waals surface area contributed by atoms with E-state index in [1.807, 2.05) is 30.3 Å². The van der Waals surface area contributed by atoms with E-state index in [4.69, 9.17) is 14.2 Å². The summed E-state index contributed by atoms with van der Waals surface area (Å²) in [6.07, 6.45) is 4.93. The van der Waals surface area contributed by atoms with E-state index in [-0.39, 0.29) is 5.91 Å². The molecule has 1 unspecified atom stereocenters. The Labute approximate surface area is 193 Å². The minimum Gasteiger partial charge on any atom is -0.493 e. The predicted octanol–water partition coefficient (Wildman–Crippen LogP) is 4.42. The van der Waals surface area contributed by atoms with Gasteiger partial charge in [0.25, 0.3) is 5.91 Å². The first-order valence-corrected chi connectivity index (χ1v) is 11.5. The van der Waals surface area contributed by atoms with Crippen LogP contribution in [0, 0.1) is 11.3 Å². The number of methoxy groups -OCH3 is 2. The Morgan fingerprint density at radius 1 is 1.12 bits per heavy atom. The van der Waals surface area contributed by atoms with Gasteiger partial charge >= 0.3 is 5.97 Å². The molecule has 5 rings (SSSR count). The lowest BCUT2D eigenvalue weighted by atomic mass is 9.78. The number of benzene rings is 2. The Morgan fingerprint density at radius 2 is 1.88 bits per heavy atom. The summed E-state index contributed by atoms with van der Waals surface area (Å²) in [6, 6.07) is 9.42. The van der Waals surface area contributed by atoms with E-state index in [9.17, 15) is 14.7 Å². The van der Waals surface area contributed by atoms with Crippen molar-refractivity contribution in [2.24, 2.45) is 11.3 Å². The van der Waals surface area contributed by atoms with Crippen LogP contribution in [0.1, 0.15) is 54.4 Å². The van der Waals surface area contributed by atoms with Crippen LogP contribution < -0.4 is 19.5 Å². The van der Waals surface area contributed by atoms with Gasteiger partial charge in [-0.05, 0) is 60.6 Å². The quantitative estimate of drug-likeness (QED) is 0.586. The average molecular weight is 452 g/mol. The fraction of sp³-hybridized carbons (Fsp3) is 0.462. The third-order valence-corrected chi connectivity index (χ3v) is 7.46. The molecule has 0 radical (unpaired) electrons. The highest BCUT2D eigenvalue weighted by molar-refractivity contribution is 5.99. The zero-order chi connectivity index (χ0) is 23.2. The van der Waals surface area contributed by atoms with Crippen molar-refractivity contribution in [3.63, 3.8) is 0 Å².